The van der Waals surface area contributed by atoms with Gasteiger partial charge in [0.05, 0.1) is 6.20 Å². The van der Waals surface area contributed by atoms with Crippen molar-refractivity contribution in [3.05, 3.63) is 36.2 Å². The topological polar surface area (TPSA) is 54.6 Å². The number of aromatic nitrogens is 2. The molecule has 1 N–H and O–H groups in total. The summed E-state index contributed by atoms with van der Waals surface area (Å²) in [5.74, 6) is -1.84. The Kier molecular flexibility index (Phi) is 1.51. The summed E-state index contributed by atoms with van der Waals surface area (Å²) in [7, 11) is 0. The van der Waals surface area contributed by atoms with Crippen LogP contribution in [0.25, 0.3) is 5.52 Å². The van der Waals surface area contributed by atoms with Gasteiger partial charge in [-0.25, -0.2) is 14.2 Å². The number of hydrogen-bond donors (Lipinski definition) is 1. The normalized spacial score (nSPS) is 10.5. The van der Waals surface area contributed by atoms with Gasteiger partial charge in [0, 0.05) is 6.20 Å². The average Bonchev–Trinajstić information content (AvgIpc) is 2.48. The van der Waals surface area contributed by atoms with Gasteiger partial charge in [0.15, 0.2) is 0 Å². The maximum absolute atomic E-state index is 13.0. The van der Waals surface area contributed by atoms with Crippen molar-refractivity contribution < 1.29 is 14.3 Å². The molecule has 0 amide bonds. The minimum Gasteiger partial charge on any atom is -0.475 e. The number of carboxylic acids is 1. The van der Waals surface area contributed by atoms with E-state index in [0.29, 0.717) is 0 Å². The summed E-state index contributed by atoms with van der Waals surface area (Å²) in [6.07, 6.45) is 2.65. The van der Waals surface area contributed by atoms with Crippen LogP contribution in [-0.4, -0.2) is 20.5 Å². The second-order valence-electron chi connectivity index (χ2n) is 2.50. The highest BCUT2D eigenvalue weighted by Crippen LogP contribution is 2.10. The first-order valence-corrected chi connectivity index (χ1v) is 3.55. The Morgan fingerprint density at radius 3 is 3.08 bits per heavy atom. The van der Waals surface area contributed by atoms with Crippen LogP contribution in [0.4, 0.5) is 4.39 Å². The lowest BCUT2D eigenvalue weighted by molar-refractivity contribution is 0.0683. The number of halogens is 1. The average molecular weight is 180 g/mol. The molecule has 0 atom stereocenters. The number of pyridine rings is 1. The number of imidazole rings is 1. The fraction of sp³-hybridized carbons (Fsp3) is 0. The van der Waals surface area contributed by atoms with Crippen LogP contribution in [0.2, 0.25) is 0 Å². The molecule has 0 aromatic carbocycles. The van der Waals surface area contributed by atoms with Crippen molar-refractivity contribution in [3.8, 4) is 0 Å². The van der Waals surface area contributed by atoms with E-state index < -0.39 is 11.8 Å². The molecule has 2 rings (SSSR count). The molecule has 66 valence electrons. The van der Waals surface area contributed by atoms with E-state index in [1.165, 1.54) is 28.9 Å². The molecule has 0 saturated carbocycles. The van der Waals surface area contributed by atoms with Gasteiger partial charge in [-0.1, -0.05) is 0 Å². The van der Waals surface area contributed by atoms with E-state index in [1.807, 2.05) is 0 Å². The molecule has 0 aliphatic carbocycles. The van der Waals surface area contributed by atoms with Crippen molar-refractivity contribution >= 4 is 11.5 Å². The van der Waals surface area contributed by atoms with Crippen LogP contribution in [0.1, 0.15) is 10.6 Å². The summed E-state index contributed by atoms with van der Waals surface area (Å²) in [6.45, 7) is 0. The summed E-state index contributed by atoms with van der Waals surface area (Å²) in [4.78, 5) is 14.2. The van der Waals surface area contributed by atoms with Gasteiger partial charge in [-0.3, -0.25) is 4.40 Å². The molecule has 2 aromatic heterocycles. The quantitative estimate of drug-likeness (QED) is 0.716. The highest BCUT2D eigenvalue weighted by Gasteiger charge is 2.12. The van der Waals surface area contributed by atoms with E-state index in [0.717, 1.165) is 0 Å². The molecule has 0 saturated heterocycles. The fourth-order valence-corrected chi connectivity index (χ4v) is 1.15. The standard InChI is InChI=1S/C8H5FN2O2/c9-5-2-1-3-11-6(5)4-10-7(11)8(12)13/h1-4H,(H,12,13). The van der Waals surface area contributed by atoms with Crippen LogP contribution in [0.3, 0.4) is 0 Å². The number of nitrogens with zero attached hydrogens (tertiary/aromatic N) is 2. The Labute approximate surface area is 72.3 Å². The minimum absolute atomic E-state index is 0.167. The summed E-state index contributed by atoms with van der Waals surface area (Å²) >= 11 is 0. The Morgan fingerprint density at radius 2 is 2.38 bits per heavy atom. The van der Waals surface area contributed by atoms with Crippen molar-refractivity contribution in [1.29, 1.82) is 0 Å². The molecule has 4 nitrogen and oxygen atoms in total. The van der Waals surface area contributed by atoms with Crippen LogP contribution in [0.15, 0.2) is 24.5 Å². The molecule has 13 heavy (non-hydrogen) atoms. The van der Waals surface area contributed by atoms with Crippen molar-refractivity contribution in [2.75, 3.05) is 0 Å². The number of rotatable bonds is 1. The molecule has 2 heterocycles. The molecule has 0 bridgehead atoms. The van der Waals surface area contributed by atoms with E-state index in [4.69, 9.17) is 5.11 Å². The summed E-state index contributed by atoms with van der Waals surface area (Å²) in [5, 5.41) is 8.66. The zero-order valence-corrected chi connectivity index (χ0v) is 6.44. The molecule has 0 aliphatic rings. The third-order valence-corrected chi connectivity index (χ3v) is 1.71. The third kappa shape index (κ3) is 1.05. The largest absolute Gasteiger partial charge is 0.475 e. The van der Waals surface area contributed by atoms with Crippen LogP contribution < -0.4 is 0 Å². The lowest BCUT2D eigenvalue weighted by atomic mass is 10.4. The fourth-order valence-electron chi connectivity index (χ4n) is 1.15. The van der Waals surface area contributed by atoms with Crippen molar-refractivity contribution in [3.63, 3.8) is 0 Å². The maximum atomic E-state index is 13.0. The third-order valence-electron chi connectivity index (χ3n) is 1.71. The number of carboxylic acid groups (broad SMARTS) is 1. The van der Waals surface area contributed by atoms with Crippen LogP contribution in [0, 0.1) is 5.82 Å². The van der Waals surface area contributed by atoms with E-state index >= 15 is 0 Å². The first-order valence-electron chi connectivity index (χ1n) is 3.55. The first kappa shape index (κ1) is 7.72. The second-order valence-corrected chi connectivity index (χ2v) is 2.50. The van der Waals surface area contributed by atoms with E-state index in [1.54, 1.807) is 0 Å². The van der Waals surface area contributed by atoms with E-state index in [-0.39, 0.29) is 11.3 Å². The lowest BCUT2D eigenvalue weighted by Gasteiger charge is -1.95. The molecule has 0 unspecified atom stereocenters. The number of fused-ring (bicyclic) bond motifs is 1. The smallest absolute Gasteiger partial charge is 0.372 e. The Bertz CT molecular complexity index is 478. The monoisotopic (exact) mass is 180 g/mol. The maximum Gasteiger partial charge on any atom is 0.372 e. The number of hydrogen-bond acceptors (Lipinski definition) is 2. The predicted molar refractivity (Wildman–Crippen MR) is 42.1 cm³/mol. The van der Waals surface area contributed by atoms with Gasteiger partial charge in [-0.2, -0.15) is 0 Å². The SMILES string of the molecule is O=C(O)c1ncc2c(F)cccn12. The summed E-state index contributed by atoms with van der Waals surface area (Å²) < 4.78 is 14.2. The van der Waals surface area contributed by atoms with Crippen LogP contribution in [-0.2, 0) is 0 Å². The summed E-state index contributed by atoms with van der Waals surface area (Å²) in [5.41, 5.74) is 0.167. The first-order chi connectivity index (χ1) is 6.20. The van der Waals surface area contributed by atoms with Gasteiger partial charge >= 0.3 is 5.97 Å². The van der Waals surface area contributed by atoms with Crippen molar-refractivity contribution in [2.24, 2.45) is 0 Å². The predicted octanol–water partition coefficient (Wildman–Crippen LogP) is 1.17. The van der Waals surface area contributed by atoms with Gasteiger partial charge in [-0.05, 0) is 12.1 Å². The zero-order valence-electron chi connectivity index (χ0n) is 6.44. The highest BCUT2D eigenvalue weighted by atomic mass is 19.1. The molecular formula is C8H5FN2O2. The molecule has 2 aromatic rings. The molecule has 5 heteroatoms. The Morgan fingerprint density at radius 1 is 1.62 bits per heavy atom. The second kappa shape index (κ2) is 2.55. The van der Waals surface area contributed by atoms with Crippen LogP contribution in [0.5, 0.6) is 0 Å². The highest BCUT2D eigenvalue weighted by molar-refractivity contribution is 5.84. The lowest BCUT2D eigenvalue weighted by Crippen LogP contribution is -2.03. The zero-order chi connectivity index (χ0) is 9.42. The van der Waals surface area contributed by atoms with Crippen LogP contribution >= 0.6 is 0 Å². The summed E-state index contributed by atoms with van der Waals surface area (Å²) in [6, 6.07) is 2.68. The van der Waals surface area contributed by atoms with Gasteiger partial charge in [0.2, 0.25) is 5.82 Å². The Hall–Kier alpha value is -1.91. The minimum atomic E-state index is -1.18. The molecule has 0 spiro atoms. The van der Waals surface area contributed by atoms with Gasteiger partial charge in [-0.15, -0.1) is 0 Å². The molecule has 0 radical (unpaired) electrons. The number of aromatic carboxylic acids is 1. The van der Waals surface area contributed by atoms with E-state index in [2.05, 4.69) is 4.98 Å². The van der Waals surface area contributed by atoms with Crippen molar-refractivity contribution in [1.82, 2.24) is 9.38 Å². The Balaban J connectivity index is 2.83. The van der Waals surface area contributed by atoms with Gasteiger partial charge in [0.1, 0.15) is 11.3 Å². The van der Waals surface area contributed by atoms with E-state index in [9.17, 15) is 9.18 Å². The van der Waals surface area contributed by atoms with Gasteiger partial charge in [0.25, 0.3) is 0 Å². The molecular weight excluding hydrogens is 175 g/mol. The molecule has 0 fully saturated rings. The molecule has 0 aliphatic heterocycles. The van der Waals surface area contributed by atoms with Gasteiger partial charge < -0.3 is 5.11 Å². The van der Waals surface area contributed by atoms with Crippen molar-refractivity contribution in [2.45, 2.75) is 0 Å². The number of carbonyl (C=O) groups is 1.